The second-order valence-electron chi connectivity index (χ2n) is 3.94. The van der Waals surface area contributed by atoms with Crippen LogP contribution < -0.4 is 0 Å². The summed E-state index contributed by atoms with van der Waals surface area (Å²) in [5.74, 6) is 0.115. The van der Waals surface area contributed by atoms with Crippen LogP contribution >= 0.6 is 15.9 Å². The Balaban J connectivity index is 2.96. The van der Waals surface area contributed by atoms with E-state index in [1.807, 2.05) is 25.1 Å². The zero-order valence-corrected chi connectivity index (χ0v) is 11.5. The predicted octanol–water partition coefficient (Wildman–Crippen LogP) is 3.08. The molecule has 1 aromatic carbocycles. The summed E-state index contributed by atoms with van der Waals surface area (Å²) < 4.78 is 24.3. The predicted molar refractivity (Wildman–Crippen MR) is 66.6 cm³/mol. The third-order valence-electron chi connectivity index (χ3n) is 2.32. The molecule has 1 aromatic rings. The summed E-state index contributed by atoms with van der Waals surface area (Å²) in [6.07, 6.45) is 0. The lowest BCUT2D eigenvalue weighted by Crippen LogP contribution is -2.16. The number of hydrogen-bond acceptors (Lipinski definition) is 2. The van der Waals surface area contributed by atoms with E-state index in [1.54, 1.807) is 13.8 Å². The summed E-state index contributed by atoms with van der Waals surface area (Å²) in [5.41, 5.74) is 1.95. The molecule has 4 heteroatoms. The highest BCUT2D eigenvalue weighted by molar-refractivity contribution is 9.10. The summed E-state index contributed by atoms with van der Waals surface area (Å²) in [7, 11) is -3.00. The smallest absolute Gasteiger partial charge is 0.156 e. The molecule has 0 N–H and O–H groups in total. The zero-order valence-electron chi connectivity index (χ0n) is 9.12. The number of rotatable bonds is 3. The average molecular weight is 291 g/mol. The van der Waals surface area contributed by atoms with Gasteiger partial charge in [0.1, 0.15) is 0 Å². The number of halogens is 1. The Morgan fingerprint density at radius 1 is 1.33 bits per heavy atom. The van der Waals surface area contributed by atoms with Crippen LogP contribution in [-0.2, 0) is 15.6 Å². The highest BCUT2D eigenvalue weighted by Crippen LogP contribution is 2.20. The number of sulfone groups is 1. The zero-order chi connectivity index (χ0) is 11.6. The van der Waals surface area contributed by atoms with Crippen LogP contribution in [0.15, 0.2) is 22.7 Å². The van der Waals surface area contributed by atoms with Gasteiger partial charge in [-0.3, -0.25) is 0 Å². The molecule has 0 aromatic heterocycles. The molecule has 84 valence electrons. The molecule has 0 heterocycles. The molecule has 0 bridgehead atoms. The summed E-state index contributed by atoms with van der Waals surface area (Å²) in [6, 6.07) is 5.66. The molecule has 0 spiro atoms. The standard InChI is InChI=1S/C11H15BrO2S/c1-8(2)15(13,14)7-10-5-4-9(3)11(12)6-10/h4-6,8H,7H2,1-3H3. The minimum atomic E-state index is -3.00. The van der Waals surface area contributed by atoms with Gasteiger partial charge in [-0.2, -0.15) is 0 Å². The minimum Gasteiger partial charge on any atom is -0.228 e. The Labute approximate surface area is 99.7 Å². The van der Waals surface area contributed by atoms with Gasteiger partial charge in [0.15, 0.2) is 9.84 Å². The summed E-state index contributed by atoms with van der Waals surface area (Å²) in [6.45, 7) is 5.39. The van der Waals surface area contributed by atoms with Crippen molar-refractivity contribution in [3.05, 3.63) is 33.8 Å². The van der Waals surface area contributed by atoms with Gasteiger partial charge in [-0.1, -0.05) is 28.1 Å². The van der Waals surface area contributed by atoms with Gasteiger partial charge < -0.3 is 0 Å². The third kappa shape index (κ3) is 3.31. The van der Waals surface area contributed by atoms with Gasteiger partial charge in [0.05, 0.1) is 11.0 Å². The van der Waals surface area contributed by atoms with E-state index < -0.39 is 9.84 Å². The summed E-state index contributed by atoms with van der Waals surface area (Å²) >= 11 is 3.40. The molecular formula is C11H15BrO2S. The molecule has 2 nitrogen and oxygen atoms in total. The molecule has 0 aliphatic rings. The van der Waals surface area contributed by atoms with Crippen LogP contribution in [0.4, 0.5) is 0 Å². The van der Waals surface area contributed by atoms with E-state index in [9.17, 15) is 8.42 Å². The maximum atomic E-state index is 11.7. The van der Waals surface area contributed by atoms with Crippen LogP contribution in [0.25, 0.3) is 0 Å². The fourth-order valence-corrected chi connectivity index (χ4v) is 2.53. The van der Waals surface area contributed by atoms with Crippen molar-refractivity contribution in [2.24, 2.45) is 0 Å². The van der Waals surface area contributed by atoms with Crippen LogP contribution in [0.5, 0.6) is 0 Å². The highest BCUT2D eigenvalue weighted by atomic mass is 79.9. The molecule has 0 atom stereocenters. The Hall–Kier alpha value is -0.350. The summed E-state index contributed by atoms with van der Waals surface area (Å²) in [4.78, 5) is 0. The van der Waals surface area contributed by atoms with E-state index >= 15 is 0 Å². The van der Waals surface area contributed by atoms with Crippen molar-refractivity contribution in [2.45, 2.75) is 31.8 Å². The van der Waals surface area contributed by atoms with E-state index in [4.69, 9.17) is 0 Å². The maximum Gasteiger partial charge on any atom is 0.156 e. The topological polar surface area (TPSA) is 34.1 Å². The average Bonchev–Trinajstić information content (AvgIpc) is 2.10. The molecule has 0 saturated carbocycles. The fraction of sp³-hybridized carbons (Fsp3) is 0.455. The number of aryl methyl sites for hydroxylation is 1. The molecule has 0 radical (unpaired) electrons. The maximum absolute atomic E-state index is 11.7. The second kappa shape index (κ2) is 4.66. The van der Waals surface area contributed by atoms with E-state index in [0.717, 1.165) is 15.6 Å². The van der Waals surface area contributed by atoms with E-state index in [2.05, 4.69) is 15.9 Å². The first-order valence-corrected chi connectivity index (χ1v) is 7.30. The number of benzene rings is 1. The lowest BCUT2D eigenvalue weighted by molar-refractivity contribution is 0.586. The van der Waals surface area contributed by atoms with E-state index in [1.165, 1.54) is 0 Å². The van der Waals surface area contributed by atoms with Gasteiger partial charge in [0, 0.05) is 4.47 Å². The highest BCUT2D eigenvalue weighted by Gasteiger charge is 2.16. The first-order valence-electron chi connectivity index (χ1n) is 4.79. The van der Waals surface area contributed by atoms with E-state index in [-0.39, 0.29) is 11.0 Å². The molecule has 0 saturated heterocycles. The van der Waals surface area contributed by atoms with Crippen molar-refractivity contribution in [3.8, 4) is 0 Å². The van der Waals surface area contributed by atoms with Crippen LogP contribution in [0.1, 0.15) is 25.0 Å². The Morgan fingerprint density at radius 3 is 2.40 bits per heavy atom. The van der Waals surface area contributed by atoms with Crippen LogP contribution in [0, 0.1) is 6.92 Å². The molecule has 0 aliphatic carbocycles. The van der Waals surface area contributed by atoms with Gasteiger partial charge in [-0.25, -0.2) is 8.42 Å². The Bertz CT molecular complexity index is 450. The van der Waals surface area contributed by atoms with Gasteiger partial charge >= 0.3 is 0 Å². The van der Waals surface area contributed by atoms with Crippen LogP contribution in [0.2, 0.25) is 0 Å². The van der Waals surface area contributed by atoms with Crippen molar-refractivity contribution in [2.75, 3.05) is 0 Å². The first kappa shape index (κ1) is 12.7. The van der Waals surface area contributed by atoms with Crippen molar-refractivity contribution in [1.82, 2.24) is 0 Å². The fourth-order valence-electron chi connectivity index (χ4n) is 1.13. The molecule has 1 rings (SSSR count). The van der Waals surface area contributed by atoms with Crippen molar-refractivity contribution in [1.29, 1.82) is 0 Å². The van der Waals surface area contributed by atoms with Gasteiger partial charge in [0.25, 0.3) is 0 Å². The van der Waals surface area contributed by atoms with E-state index in [0.29, 0.717) is 0 Å². The van der Waals surface area contributed by atoms with Crippen LogP contribution in [0.3, 0.4) is 0 Å². The second-order valence-corrected chi connectivity index (χ2v) is 7.35. The Morgan fingerprint density at radius 2 is 1.93 bits per heavy atom. The largest absolute Gasteiger partial charge is 0.228 e. The lowest BCUT2D eigenvalue weighted by Gasteiger charge is -2.08. The number of hydrogen-bond donors (Lipinski definition) is 0. The monoisotopic (exact) mass is 290 g/mol. The molecule has 0 unspecified atom stereocenters. The normalized spacial score (nSPS) is 12.1. The molecule has 15 heavy (non-hydrogen) atoms. The molecule has 0 aliphatic heterocycles. The van der Waals surface area contributed by atoms with Gasteiger partial charge in [0.2, 0.25) is 0 Å². The first-order chi connectivity index (χ1) is 6.83. The van der Waals surface area contributed by atoms with Crippen molar-refractivity contribution < 1.29 is 8.42 Å². The molecular weight excluding hydrogens is 276 g/mol. The van der Waals surface area contributed by atoms with Crippen molar-refractivity contribution in [3.63, 3.8) is 0 Å². The van der Waals surface area contributed by atoms with Gasteiger partial charge in [-0.15, -0.1) is 0 Å². The SMILES string of the molecule is Cc1ccc(CS(=O)(=O)C(C)C)cc1Br. The molecule has 0 amide bonds. The lowest BCUT2D eigenvalue weighted by atomic mass is 10.2. The third-order valence-corrected chi connectivity index (χ3v) is 5.35. The minimum absolute atomic E-state index is 0.115. The van der Waals surface area contributed by atoms with Crippen molar-refractivity contribution >= 4 is 25.8 Å². The summed E-state index contributed by atoms with van der Waals surface area (Å²) in [5, 5.41) is -0.322. The quantitative estimate of drug-likeness (QED) is 0.857. The molecule has 0 fully saturated rings. The van der Waals surface area contributed by atoms with Gasteiger partial charge in [-0.05, 0) is 38.0 Å². The van der Waals surface area contributed by atoms with Crippen LogP contribution in [-0.4, -0.2) is 13.7 Å². The Kier molecular flexibility index (Phi) is 3.95.